The van der Waals surface area contributed by atoms with E-state index in [2.05, 4.69) is 4.98 Å². The minimum absolute atomic E-state index is 0.0289. The third kappa shape index (κ3) is 4.16. The summed E-state index contributed by atoms with van der Waals surface area (Å²) in [6.45, 7) is 0. The third-order valence-electron chi connectivity index (χ3n) is 6.15. The molecule has 1 aromatic heterocycles. The molecule has 0 spiro atoms. The highest BCUT2D eigenvalue weighted by Crippen LogP contribution is 2.48. The van der Waals surface area contributed by atoms with Crippen molar-refractivity contribution in [3.63, 3.8) is 0 Å². The van der Waals surface area contributed by atoms with Crippen molar-refractivity contribution in [1.29, 1.82) is 0 Å². The maximum atomic E-state index is 16.3. The van der Waals surface area contributed by atoms with Crippen molar-refractivity contribution in [2.75, 3.05) is 12.9 Å². The van der Waals surface area contributed by atoms with Gasteiger partial charge in [-0.25, -0.2) is 9.59 Å². The standard InChI is InChI=1S/C26H17F5N2O3S/c1-36-23(34)19-13-37-22-20(15-8-4-9-16(12-15)26(29,30)31)21(32-24(35)33(19)22)25(27,28)18-11-5-7-14-6-2-3-10-17(14)18/h2-12,19H,13H2,1H3. The van der Waals surface area contributed by atoms with Crippen LogP contribution in [0.3, 0.4) is 0 Å². The number of alkyl halides is 5. The first-order chi connectivity index (χ1) is 17.5. The molecule has 2 heterocycles. The molecule has 5 rings (SSSR count). The normalized spacial score (nSPS) is 15.6. The van der Waals surface area contributed by atoms with Crippen LogP contribution in [0.25, 0.3) is 21.9 Å². The van der Waals surface area contributed by atoms with E-state index in [0.717, 1.165) is 41.6 Å². The molecule has 0 fully saturated rings. The number of thioether (sulfide) groups is 1. The Balaban J connectivity index is 1.84. The summed E-state index contributed by atoms with van der Waals surface area (Å²) in [5.74, 6) is -4.69. The molecule has 37 heavy (non-hydrogen) atoms. The van der Waals surface area contributed by atoms with Gasteiger partial charge in [-0.15, -0.1) is 11.8 Å². The van der Waals surface area contributed by atoms with E-state index in [-0.39, 0.29) is 27.3 Å². The number of nitrogens with zero attached hydrogens (tertiary/aromatic N) is 2. The smallest absolute Gasteiger partial charge is 0.416 e. The second kappa shape index (κ2) is 8.98. The Labute approximate surface area is 210 Å². The molecule has 0 saturated carbocycles. The molecule has 1 aliphatic rings. The van der Waals surface area contributed by atoms with Gasteiger partial charge in [0.1, 0.15) is 11.7 Å². The minimum Gasteiger partial charge on any atom is -0.467 e. The first-order valence-corrected chi connectivity index (χ1v) is 11.9. The lowest BCUT2D eigenvalue weighted by atomic mass is 9.93. The van der Waals surface area contributed by atoms with Gasteiger partial charge in [0.25, 0.3) is 0 Å². The number of carbonyl (C=O) groups is 1. The van der Waals surface area contributed by atoms with Gasteiger partial charge in [0, 0.05) is 16.9 Å². The fourth-order valence-corrected chi connectivity index (χ4v) is 5.74. The Morgan fingerprint density at radius 3 is 2.46 bits per heavy atom. The summed E-state index contributed by atoms with van der Waals surface area (Å²) in [5, 5.41) is 0.635. The monoisotopic (exact) mass is 532 g/mol. The van der Waals surface area contributed by atoms with Crippen LogP contribution >= 0.6 is 11.8 Å². The first kappa shape index (κ1) is 24.9. The Bertz CT molecular complexity index is 1590. The van der Waals surface area contributed by atoms with Crippen molar-refractivity contribution in [3.8, 4) is 11.1 Å². The van der Waals surface area contributed by atoms with Crippen LogP contribution in [0.4, 0.5) is 22.0 Å². The molecule has 0 saturated heterocycles. The summed E-state index contributed by atoms with van der Waals surface area (Å²) in [6, 6.07) is 13.4. The molecule has 0 radical (unpaired) electrons. The quantitative estimate of drug-likeness (QED) is 0.182. The molecule has 5 nitrogen and oxygen atoms in total. The van der Waals surface area contributed by atoms with Gasteiger partial charge < -0.3 is 4.74 Å². The third-order valence-corrected chi connectivity index (χ3v) is 7.31. The minimum atomic E-state index is -4.74. The molecule has 4 aromatic rings. The van der Waals surface area contributed by atoms with Crippen molar-refractivity contribution < 1.29 is 31.5 Å². The maximum absolute atomic E-state index is 16.3. The zero-order valence-electron chi connectivity index (χ0n) is 19.1. The van der Waals surface area contributed by atoms with E-state index in [0.29, 0.717) is 5.39 Å². The molecule has 0 bridgehead atoms. The fraction of sp³-hybridized carbons (Fsp3) is 0.192. The number of aromatic nitrogens is 2. The molecule has 1 atom stereocenters. The van der Waals surface area contributed by atoms with Crippen LogP contribution in [-0.4, -0.2) is 28.4 Å². The second-order valence-electron chi connectivity index (χ2n) is 8.32. The number of esters is 1. The average Bonchev–Trinajstić information content (AvgIpc) is 3.33. The van der Waals surface area contributed by atoms with E-state index in [4.69, 9.17) is 4.74 Å². The molecule has 11 heteroatoms. The van der Waals surface area contributed by atoms with Gasteiger partial charge in [-0.1, -0.05) is 54.6 Å². The lowest BCUT2D eigenvalue weighted by Crippen LogP contribution is -2.34. The zero-order chi connectivity index (χ0) is 26.5. The summed E-state index contributed by atoms with van der Waals surface area (Å²) in [6.07, 6.45) is -4.74. The number of ether oxygens (including phenoxy) is 1. The van der Waals surface area contributed by atoms with Gasteiger partial charge in [0.05, 0.1) is 17.7 Å². The number of benzene rings is 3. The Morgan fingerprint density at radius 1 is 1.03 bits per heavy atom. The van der Waals surface area contributed by atoms with E-state index in [1.807, 2.05) is 0 Å². The van der Waals surface area contributed by atoms with Gasteiger partial charge >= 0.3 is 23.8 Å². The summed E-state index contributed by atoms with van der Waals surface area (Å²) >= 11 is 0.905. The van der Waals surface area contributed by atoms with E-state index in [1.165, 1.54) is 24.3 Å². The highest BCUT2D eigenvalue weighted by molar-refractivity contribution is 7.99. The van der Waals surface area contributed by atoms with Crippen LogP contribution in [0.15, 0.2) is 76.6 Å². The molecule has 1 aliphatic heterocycles. The van der Waals surface area contributed by atoms with Gasteiger partial charge in [-0.2, -0.15) is 26.9 Å². The van der Waals surface area contributed by atoms with Gasteiger partial charge in [-0.3, -0.25) is 4.57 Å². The fourth-order valence-electron chi connectivity index (χ4n) is 4.44. The molecular formula is C26H17F5N2O3S. The van der Waals surface area contributed by atoms with Crippen LogP contribution < -0.4 is 5.69 Å². The lowest BCUT2D eigenvalue weighted by molar-refractivity contribution is -0.144. The SMILES string of the molecule is COC(=O)C1CSc2c(-c3cccc(C(F)(F)F)c3)c(C(F)(F)c3cccc4ccccc34)nc(=O)n21. The molecule has 0 N–H and O–H groups in total. The van der Waals surface area contributed by atoms with Crippen LogP contribution in [0.5, 0.6) is 0 Å². The molecule has 0 aliphatic carbocycles. The molecule has 1 unspecified atom stereocenters. The number of rotatable bonds is 4. The topological polar surface area (TPSA) is 61.2 Å². The molecule has 190 valence electrons. The van der Waals surface area contributed by atoms with Crippen molar-refractivity contribution in [3.05, 3.63) is 94.0 Å². The van der Waals surface area contributed by atoms with Crippen LogP contribution in [0.1, 0.15) is 22.9 Å². The Hall–Kier alpha value is -3.73. The van der Waals surface area contributed by atoms with E-state index in [1.54, 1.807) is 24.3 Å². The van der Waals surface area contributed by atoms with Crippen molar-refractivity contribution in [2.24, 2.45) is 0 Å². The van der Waals surface area contributed by atoms with Crippen molar-refractivity contribution in [1.82, 2.24) is 9.55 Å². The average molecular weight is 532 g/mol. The number of hydrogen-bond donors (Lipinski definition) is 0. The first-order valence-electron chi connectivity index (χ1n) is 11.0. The van der Waals surface area contributed by atoms with Crippen LogP contribution in [0.2, 0.25) is 0 Å². The summed E-state index contributed by atoms with van der Waals surface area (Å²) in [5.41, 5.74) is -4.18. The van der Waals surface area contributed by atoms with Crippen molar-refractivity contribution in [2.45, 2.75) is 23.2 Å². The summed E-state index contributed by atoms with van der Waals surface area (Å²) in [7, 11) is 1.11. The van der Waals surface area contributed by atoms with E-state index < -0.39 is 46.6 Å². The highest BCUT2D eigenvalue weighted by Gasteiger charge is 2.44. The predicted octanol–water partition coefficient (Wildman–Crippen LogP) is 6.04. The Morgan fingerprint density at radius 2 is 1.73 bits per heavy atom. The Kier molecular flexibility index (Phi) is 6.06. The van der Waals surface area contributed by atoms with Gasteiger partial charge in [0.2, 0.25) is 0 Å². The predicted molar refractivity (Wildman–Crippen MR) is 128 cm³/mol. The number of halogens is 5. The molecular weight excluding hydrogens is 515 g/mol. The van der Waals surface area contributed by atoms with E-state index in [9.17, 15) is 22.8 Å². The van der Waals surface area contributed by atoms with E-state index >= 15 is 8.78 Å². The van der Waals surface area contributed by atoms with Crippen LogP contribution in [0, 0.1) is 0 Å². The lowest BCUT2D eigenvalue weighted by Gasteiger charge is -2.23. The highest BCUT2D eigenvalue weighted by atomic mass is 32.2. The number of carbonyl (C=O) groups excluding carboxylic acids is 1. The van der Waals surface area contributed by atoms with Gasteiger partial charge in [0.15, 0.2) is 0 Å². The molecule has 3 aromatic carbocycles. The zero-order valence-corrected chi connectivity index (χ0v) is 19.9. The summed E-state index contributed by atoms with van der Waals surface area (Å²) < 4.78 is 78.9. The largest absolute Gasteiger partial charge is 0.467 e. The maximum Gasteiger partial charge on any atom is 0.416 e. The second-order valence-corrected chi connectivity index (χ2v) is 9.33. The van der Waals surface area contributed by atoms with Gasteiger partial charge in [-0.05, 0) is 28.5 Å². The number of hydrogen-bond acceptors (Lipinski definition) is 5. The molecule has 0 amide bonds. The summed E-state index contributed by atoms with van der Waals surface area (Å²) in [4.78, 5) is 29.0. The number of fused-ring (bicyclic) bond motifs is 2. The number of methoxy groups -OCH3 is 1. The van der Waals surface area contributed by atoms with Crippen molar-refractivity contribution >= 4 is 28.5 Å². The van der Waals surface area contributed by atoms with Crippen LogP contribution in [-0.2, 0) is 21.6 Å².